The van der Waals surface area contributed by atoms with Crippen molar-refractivity contribution >= 4 is 5.97 Å². The second-order valence-corrected chi connectivity index (χ2v) is 4.79. The minimum atomic E-state index is -0.270. The van der Waals surface area contributed by atoms with Crippen LogP contribution in [0.15, 0.2) is 12.1 Å². The molecule has 0 bridgehead atoms. The molecule has 1 rings (SSSR count). The Hall–Kier alpha value is -1.51. The zero-order valence-electron chi connectivity index (χ0n) is 11.9. The Labute approximate surface area is 109 Å². The number of benzene rings is 1. The Morgan fingerprint density at radius 1 is 1.22 bits per heavy atom. The van der Waals surface area contributed by atoms with Crippen molar-refractivity contribution in [3.8, 4) is 5.75 Å². The number of carbonyl (C=O) groups is 1. The lowest BCUT2D eigenvalue weighted by Gasteiger charge is -2.15. The van der Waals surface area contributed by atoms with Gasteiger partial charge in [0.25, 0.3) is 0 Å². The lowest BCUT2D eigenvalue weighted by atomic mass is 10.0. The van der Waals surface area contributed by atoms with Crippen LogP contribution in [0.3, 0.4) is 0 Å². The minimum absolute atomic E-state index is 0.270. The highest BCUT2D eigenvalue weighted by atomic mass is 16.5. The van der Waals surface area contributed by atoms with Crippen LogP contribution in [0, 0.1) is 19.8 Å². The molecule has 0 aliphatic rings. The van der Waals surface area contributed by atoms with Gasteiger partial charge >= 0.3 is 5.97 Å². The van der Waals surface area contributed by atoms with Crippen LogP contribution in [0.1, 0.15) is 42.3 Å². The van der Waals surface area contributed by atoms with Gasteiger partial charge in [0.15, 0.2) is 0 Å². The predicted octanol–water partition coefficient (Wildman–Crippen LogP) is 3.51. The first-order chi connectivity index (χ1) is 8.47. The van der Waals surface area contributed by atoms with Crippen molar-refractivity contribution < 1.29 is 14.3 Å². The van der Waals surface area contributed by atoms with E-state index in [-0.39, 0.29) is 5.97 Å². The number of ether oxygens (including phenoxy) is 2. The van der Waals surface area contributed by atoms with Gasteiger partial charge in [-0.3, -0.25) is 0 Å². The molecule has 0 spiro atoms. The molecule has 0 heterocycles. The quantitative estimate of drug-likeness (QED) is 0.750. The molecule has 0 atom stereocenters. The molecule has 18 heavy (non-hydrogen) atoms. The monoisotopic (exact) mass is 250 g/mol. The molecule has 0 N–H and O–H groups in total. The van der Waals surface area contributed by atoms with Crippen molar-refractivity contribution in [2.24, 2.45) is 5.92 Å². The summed E-state index contributed by atoms with van der Waals surface area (Å²) in [5.41, 5.74) is 2.54. The summed E-state index contributed by atoms with van der Waals surface area (Å²) in [7, 11) is 0. The molecule has 0 unspecified atom stereocenters. The van der Waals surface area contributed by atoms with Crippen molar-refractivity contribution in [1.29, 1.82) is 0 Å². The maximum absolute atomic E-state index is 11.7. The summed E-state index contributed by atoms with van der Waals surface area (Å²) in [5, 5.41) is 0. The van der Waals surface area contributed by atoms with Gasteiger partial charge in [-0.05, 0) is 49.9 Å². The maximum Gasteiger partial charge on any atom is 0.338 e. The number of hydrogen-bond acceptors (Lipinski definition) is 3. The van der Waals surface area contributed by atoms with Gasteiger partial charge < -0.3 is 9.47 Å². The normalized spacial score (nSPS) is 10.6. The highest BCUT2D eigenvalue weighted by molar-refractivity contribution is 5.91. The number of carbonyl (C=O) groups excluding carboxylic acids is 1. The molecule has 3 nitrogen and oxygen atoms in total. The maximum atomic E-state index is 11.7. The fourth-order valence-corrected chi connectivity index (χ4v) is 1.64. The van der Waals surface area contributed by atoms with Gasteiger partial charge in [0, 0.05) is 0 Å². The molecule has 0 amide bonds. The van der Waals surface area contributed by atoms with Gasteiger partial charge in [-0.1, -0.05) is 13.8 Å². The third kappa shape index (κ3) is 3.49. The van der Waals surface area contributed by atoms with Gasteiger partial charge in [-0.25, -0.2) is 4.79 Å². The van der Waals surface area contributed by atoms with E-state index >= 15 is 0 Å². The van der Waals surface area contributed by atoms with Crippen molar-refractivity contribution in [2.45, 2.75) is 34.6 Å². The van der Waals surface area contributed by atoms with Crippen LogP contribution < -0.4 is 4.74 Å². The molecule has 0 aromatic heterocycles. The summed E-state index contributed by atoms with van der Waals surface area (Å²) in [5.74, 6) is 1.05. The van der Waals surface area contributed by atoms with E-state index < -0.39 is 0 Å². The molecule has 0 saturated carbocycles. The molecule has 0 fully saturated rings. The van der Waals surface area contributed by atoms with E-state index in [0.29, 0.717) is 24.7 Å². The highest BCUT2D eigenvalue weighted by Gasteiger charge is 2.14. The molecule has 1 aromatic rings. The molecule has 0 radical (unpaired) electrons. The Morgan fingerprint density at radius 3 is 2.44 bits per heavy atom. The number of hydrogen-bond donors (Lipinski definition) is 0. The lowest BCUT2D eigenvalue weighted by molar-refractivity contribution is 0.0525. The minimum Gasteiger partial charge on any atom is -0.493 e. The smallest absolute Gasteiger partial charge is 0.338 e. The van der Waals surface area contributed by atoms with Crippen LogP contribution in [0.4, 0.5) is 0 Å². The van der Waals surface area contributed by atoms with Gasteiger partial charge in [-0.2, -0.15) is 0 Å². The SMILES string of the molecule is CCOC(=O)c1ccc(OCC(C)C)c(C)c1C. The molecule has 0 aliphatic carbocycles. The number of rotatable bonds is 5. The molecule has 100 valence electrons. The van der Waals surface area contributed by atoms with Crippen LogP contribution in [0.5, 0.6) is 5.75 Å². The van der Waals surface area contributed by atoms with E-state index in [1.165, 1.54) is 0 Å². The molecule has 3 heteroatoms. The first kappa shape index (κ1) is 14.6. The Bertz CT molecular complexity index is 422. The third-order valence-electron chi connectivity index (χ3n) is 2.80. The highest BCUT2D eigenvalue weighted by Crippen LogP contribution is 2.25. The summed E-state index contributed by atoms with van der Waals surface area (Å²) >= 11 is 0. The summed E-state index contributed by atoms with van der Waals surface area (Å²) in [6.07, 6.45) is 0. The van der Waals surface area contributed by atoms with Crippen LogP contribution in [0.25, 0.3) is 0 Å². The molecular formula is C15H22O3. The molecular weight excluding hydrogens is 228 g/mol. The van der Waals surface area contributed by atoms with Gasteiger partial charge in [0.2, 0.25) is 0 Å². The second kappa shape index (κ2) is 6.43. The zero-order chi connectivity index (χ0) is 13.7. The lowest BCUT2D eigenvalue weighted by Crippen LogP contribution is -2.10. The van der Waals surface area contributed by atoms with Crippen molar-refractivity contribution in [3.63, 3.8) is 0 Å². The topological polar surface area (TPSA) is 35.5 Å². The van der Waals surface area contributed by atoms with E-state index in [9.17, 15) is 4.79 Å². The van der Waals surface area contributed by atoms with E-state index in [2.05, 4.69) is 13.8 Å². The van der Waals surface area contributed by atoms with Gasteiger partial charge in [0.05, 0.1) is 18.8 Å². The van der Waals surface area contributed by atoms with Gasteiger partial charge in [0.1, 0.15) is 5.75 Å². The largest absolute Gasteiger partial charge is 0.493 e. The van der Waals surface area contributed by atoms with Crippen LogP contribution in [0.2, 0.25) is 0 Å². The summed E-state index contributed by atoms with van der Waals surface area (Å²) in [4.78, 5) is 11.7. The van der Waals surface area contributed by atoms with Crippen LogP contribution in [-0.4, -0.2) is 19.2 Å². The first-order valence-electron chi connectivity index (χ1n) is 6.37. The molecule has 0 aliphatic heterocycles. The van der Waals surface area contributed by atoms with E-state index in [1.807, 2.05) is 19.9 Å². The van der Waals surface area contributed by atoms with Crippen LogP contribution >= 0.6 is 0 Å². The Kier molecular flexibility index (Phi) is 5.20. The molecule has 0 saturated heterocycles. The number of esters is 1. The summed E-state index contributed by atoms with van der Waals surface area (Å²) in [6.45, 7) is 11.0. The first-order valence-corrected chi connectivity index (χ1v) is 6.37. The summed E-state index contributed by atoms with van der Waals surface area (Å²) in [6, 6.07) is 3.62. The summed E-state index contributed by atoms with van der Waals surface area (Å²) < 4.78 is 10.7. The van der Waals surface area contributed by atoms with Gasteiger partial charge in [-0.15, -0.1) is 0 Å². The standard InChI is InChI=1S/C15H22O3/c1-6-17-15(16)13-7-8-14(12(5)11(13)4)18-9-10(2)3/h7-8,10H,6,9H2,1-5H3. The van der Waals surface area contributed by atoms with Crippen molar-refractivity contribution in [3.05, 3.63) is 28.8 Å². The Balaban J connectivity index is 2.94. The zero-order valence-corrected chi connectivity index (χ0v) is 11.9. The third-order valence-corrected chi connectivity index (χ3v) is 2.80. The van der Waals surface area contributed by atoms with E-state index in [0.717, 1.165) is 16.9 Å². The molecule has 1 aromatic carbocycles. The van der Waals surface area contributed by atoms with E-state index in [1.54, 1.807) is 13.0 Å². The average molecular weight is 250 g/mol. The predicted molar refractivity (Wildman–Crippen MR) is 72.2 cm³/mol. The Morgan fingerprint density at radius 2 is 1.89 bits per heavy atom. The second-order valence-electron chi connectivity index (χ2n) is 4.79. The van der Waals surface area contributed by atoms with Crippen molar-refractivity contribution in [1.82, 2.24) is 0 Å². The fraction of sp³-hybridized carbons (Fsp3) is 0.533. The van der Waals surface area contributed by atoms with E-state index in [4.69, 9.17) is 9.47 Å². The van der Waals surface area contributed by atoms with Crippen LogP contribution in [-0.2, 0) is 4.74 Å². The fourth-order valence-electron chi connectivity index (χ4n) is 1.64. The average Bonchev–Trinajstić information content (AvgIpc) is 2.31. The van der Waals surface area contributed by atoms with Crippen molar-refractivity contribution in [2.75, 3.05) is 13.2 Å².